The standard InChI is InChI=1S/C3H4BrFO/c1-2(6)3(4)5/h3H,1H3. The number of halogens is 2. The highest BCUT2D eigenvalue weighted by molar-refractivity contribution is 9.09. The molecule has 0 radical (unpaired) electrons. The fraction of sp³-hybridized carbons (Fsp3) is 0.667. The Hall–Kier alpha value is 0.0800. The number of ketones is 1. The van der Waals surface area contributed by atoms with Gasteiger partial charge in [-0.2, -0.15) is 0 Å². The minimum atomic E-state index is -1.47. The SMILES string of the molecule is CC(=O)C(F)Br. The lowest BCUT2D eigenvalue weighted by molar-refractivity contribution is -0.118. The second-order valence-corrected chi connectivity index (χ2v) is 1.72. The van der Waals surface area contributed by atoms with Gasteiger partial charge in [0.25, 0.3) is 0 Å². The van der Waals surface area contributed by atoms with Crippen molar-refractivity contribution in [2.45, 2.75) is 12.0 Å². The lowest BCUT2D eigenvalue weighted by atomic mass is 10.5. The number of hydrogen-bond acceptors (Lipinski definition) is 1. The van der Waals surface area contributed by atoms with Gasteiger partial charge in [0, 0.05) is 0 Å². The summed E-state index contributed by atoms with van der Waals surface area (Å²) in [6.07, 6.45) is 0. The van der Waals surface area contributed by atoms with Crippen molar-refractivity contribution in [1.82, 2.24) is 0 Å². The molecule has 1 unspecified atom stereocenters. The molecule has 0 fully saturated rings. The molecule has 0 amide bonds. The molecule has 0 aliphatic heterocycles. The van der Waals surface area contributed by atoms with E-state index in [-0.39, 0.29) is 0 Å². The molecule has 1 atom stereocenters. The largest absolute Gasteiger partial charge is 0.296 e. The molecule has 6 heavy (non-hydrogen) atoms. The van der Waals surface area contributed by atoms with Gasteiger partial charge in [0.15, 0.2) is 5.78 Å². The fourth-order valence-electron chi connectivity index (χ4n) is 0. The fourth-order valence-corrected chi connectivity index (χ4v) is 0. The maximum Gasteiger partial charge on any atom is 0.212 e. The van der Waals surface area contributed by atoms with Crippen LogP contribution in [-0.4, -0.2) is 10.9 Å². The van der Waals surface area contributed by atoms with E-state index in [9.17, 15) is 9.18 Å². The molecule has 0 saturated carbocycles. The summed E-state index contributed by atoms with van der Waals surface area (Å²) in [6.45, 7) is 1.18. The van der Waals surface area contributed by atoms with E-state index in [1.807, 2.05) is 0 Å². The van der Waals surface area contributed by atoms with E-state index in [0.717, 1.165) is 0 Å². The maximum absolute atomic E-state index is 11.4. The third-order valence-corrected chi connectivity index (χ3v) is 0.952. The number of carbonyl (C=O) groups excluding carboxylic acids is 1. The molecule has 0 rings (SSSR count). The summed E-state index contributed by atoms with van der Waals surface area (Å²) in [5, 5.41) is -1.47. The van der Waals surface area contributed by atoms with E-state index in [2.05, 4.69) is 15.9 Å². The molecule has 0 aromatic rings. The number of Topliss-reactive ketones (excluding diaryl/α,β-unsaturated/α-hetero) is 1. The van der Waals surface area contributed by atoms with Gasteiger partial charge in [-0.25, -0.2) is 4.39 Å². The van der Waals surface area contributed by atoms with Crippen LogP contribution >= 0.6 is 15.9 Å². The molecule has 0 bridgehead atoms. The van der Waals surface area contributed by atoms with Gasteiger partial charge in [0.2, 0.25) is 5.08 Å². The second-order valence-electron chi connectivity index (χ2n) is 0.911. The normalized spacial score (nSPS) is 13.8. The summed E-state index contributed by atoms with van der Waals surface area (Å²) < 4.78 is 11.4. The zero-order valence-corrected chi connectivity index (χ0v) is 4.83. The Kier molecular flexibility index (Phi) is 2.32. The smallest absolute Gasteiger partial charge is 0.212 e. The third kappa shape index (κ3) is 2.33. The average Bonchev–Trinajstić information content (AvgIpc) is 1.36. The van der Waals surface area contributed by atoms with Crippen LogP contribution in [0.1, 0.15) is 6.92 Å². The molecule has 0 N–H and O–H groups in total. The Morgan fingerprint density at radius 2 is 2.17 bits per heavy atom. The molecule has 0 aromatic carbocycles. The van der Waals surface area contributed by atoms with Crippen LogP contribution in [0.5, 0.6) is 0 Å². The van der Waals surface area contributed by atoms with Gasteiger partial charge in [0.1, 0.15) is 0 Å². The monoisotopic (exact) mass is 154 g/mol. The molecule has 1 nitrogen and oxygen atoms in total. The van der Waals surface area contributed by atoms with E-state index < -0.39 is 10.9 Å². The van der Waals surface area contributed by atoms with Gasteiger partial charge in [-0.05, 0) is 22.9 Å². The van der Waals surface area contributed by atoms with E-state index >= 15 is 0 Å². The summed E-state index contributed by atoms with van der Waals surface area (Å²) in [5.41, 5.74) is 0. The number of rotatable bonds is 1. The van der Waals surface area contributed by atoms with Crippen molar-refractivity contribution in [3.05, 3.63) is 0 Å². The summed E-state index contributed by atoms with van der Waals surface area (Å²) in [4.78, 5) is 9.72. The first-order chi connectivity index (χ1) is 2.64. The summed E-state index contributed by atoms with van der Waals surface area (Å²) in [6, 6.07) is 0. The summed E-state index contributed by atoms with van der Waals surface area (Å²) >= 11 is 2.42. The van der Waals surface area contributed by atoms with Crippen molar-refractivity contribution in [3.8, 4) is 0 Å². The lowest BCUT2D eigenvalue weighted by Gasteiger charge is -1.84. The van der Waals surface area contributed by atoms with Crippen molar-refractivity contribution >= 4 is 21.7 Å². The Morgan fingerprint density at radius 1 is 2.00 bits per heavy atom. The van der Waals surface area contributed by atoms with E-state index in [1.54, 1.807) is 0 Å². The van der Waals surface area contributed by atoms with Crippen LogP contribution in [-0.2, 0) is 4.79 Å². The molecule has 0 heterocycles. The first kappa shape index (κ1) is 6.08. The molecule has 0 aliphatic rings. The molecular weight excluding hydrogens is 151 g/mol. The molecule has 3 heteroatoms. The molecule has 0 spiro atoms. The van der Waals surface area contributed by atoms with Crippen molar-refractivity contribution in [1.29, 1.82) is 0 Å². The zero-order chi connectivity index (χ0) is 5.15. The van der Waals surface area contributed by atoms with Crippen LogP contribution in [0.3, 0.4) is 0 Å². The average molecular weight is 155 g/mol. The van der Waals surface area contributed by atoms with Crippen molar-refractivity contribution < 1.29 is 9.18 Å². The predicted molar refractivity (Wildman–Crippen MR) is 24.5 cm³/mol. The van der Waals surface area contributed by atoms with Crippen molar-refractivity contribution in [2.24, 2.45) is 0 Å². The van der Waals surface area contributed by atoms with Gasteiger partial charge in [-0.15, -0.1) is 0 Å². The van der Waals surface area contributed by atoms with Crippen molar-refractivity contribution in [2.75, 3.05) is 0 Å². The topological polar surface area (TPSA) is 17.1 Å². The van der Waals surface area contributed by atoms with E-state index in [0.29, 0.717) is 0 Å². The summed E-state index contributed by atoms with van der Waals surface area (Å²) in [7, 11) is 0. The van der Waals surface area contributed by atoms with E-state index in [1.165, 1.54) is 6.92 Å². The third-order valence-electron chi connectivity index (χ3n) is 0.307. The highest BCUT2D eigenvalue weighted by atomic mass is 79.9. The van der Waals surface area contributed by atoms with Crippen LogP contribution in [0.25, 0.3) is 0 Å². The van der Waals surface area contributed by atoms with Gasteiger partial charge in [0.05, 0.1) is 0 Å². The number of hydrogen-bond donors (Lipinski definition) is 0. The van der Waals surface area contributed by atoms with Crippen LogP contribution < -0.4 is 0 Å². The molecule has 0 aliphatic carbocycles. The molecule has 0 aromatic heterocycles. The molecular formula is C3H4BrFO. The van der Waals surface area contributed by atoms with Gasteiger partial charge < -0.3 is 0 Å². The first-order valence-corrected chi connectivity index (χ1v) is 2.34. The highest BCUT2D eigenvalue weighted by Gasteiger charge is 2.02. The van der Waals surface area contributed by atoms with E-state index in [4.69, 9.17) is 0 Å². The van der Waals surface area contributed by atoms with Gasteiger partial charge in [-0.1, -0.05) is 0 Å². The summed E-state index contributed by atoms with van der Waals surface area (Å²) in [5.74, 6) is -0.491. The number of carbonyl (C=O) groups is 1. The van der Waals surface area contributed by atoms with Gasteiger partial charge in [-0.3, -0.25) is 4.79 Å². The minimum absolute atomic E-state index is 0.491. The quantitative estimate of drug-likeness (QED) is 0.521. The van der Waals surface area contributed by atoms with Crippen LogP contribution in [0, 0.1) is 0 Å². The lowest BCUT2D eigenvalue weighted by Crippen LogP contribution is -1.99. The second kappa shape index (κ2) is 2.29. The van der Waals surface area contributed by atoms with Crippen molar-refractivity contribution in [3.63, 3.8) is 0 Å². The Balaban J connectivity index is 3.26. The zero-order valence-electron chi connectivity index (χ0n) is 3.24. The Bertz CT molecular complexity index is 61.8. The minimum Gasteiger partial charge on any atom is -0.296 e. The van der Waals surface area contributed by atoms with Gasteiger partial charge >= 0.3 is 0 Å². The Labute approximate surface area is 43.7 Å². The van der Waals surface area contributed by atoms with Crippen LogP contribution in [0.15, 0.2) is 0 Å². The Morgan fingerprint density at radius 3 is 2.17 bits per heavy atom. The highest BCUT2D eigenvalue weighted by Crippen LogP contribution is 1.99. The maximum atomic E-state index is 11.4. The molecule has 0 saturated heterocycles. The van der Waals surface area contributed by atoms with Crippen LogP contribution in [0.2, 0.25) is 0 Å². The predicted octanol–water partition coefficient (Wildman–Crippen LogP) is 1.27. The molecule has 36 valence electrons. The number of alkyl halides is 2. The first-order valence-electron chi connectivity index (χ1n) is 1.43. The van der Waals surface area contributed by atoms with Crippen LogP contribution in [0.4, 0.5) is 4.39 Å².